The number of hydrogen-bond acceptors (Lipinski definition) is 7. The largest absolute Gasteiger partial charge is 0.360 e. The average Bonchev–Trinajstić information content (AvgIpc) is 3.26. The molecule has 164 valence electrons. The van der Waals surface area contributed by atoms with Gasteiger partial charge in [0.2, 0.25) is 10.0 Å². The smallest absolute Gasteiger partial charge is 0.273 e. The van der Waals surface area contributed by atoms with Crippen LogP contribution in [0.1, 0.15) is 33.9 Å². The highest BCUT2D eigenvalue weighted by molar-refractivity contribution is 7.89. The second-order valence-electron chi connectivity index (χ2n) is 7.61. The quantitative estimate of drug-likeness (QED) is 0.593. The van der Waals surface area contributed by atoms with Crippen molar-refractivity contribution >= 4 is 27.3 Å². The zero-order chi connectivity index (χ0) is 22.2. The van der Waals surface area contributed by atoms with E-state index in [0.29, 0.717) is 37.4 Å². The summed E-state index contributed by atoms with van der Waals surface area (Å²) < 4.78 is 32.6. The van der Waals surface area contributed by atoms with Crippen LogP contribution in [0.4, 0.5) is 0 Å². The van der Waals surface area contributed by atoms with Gasteiger partial charge in [0.05, 0.1) is 0 Å². The van der Waals surface area contributed by atoms with Crippen LogP contribution in [0.15, 0.2) is 39.1 Å². The minimum Gasteiger partial charge on any atom is -0.360 e. The highest BCUT2D eigenvalue weighted by Crippen LogP contribution is 2.26. The molecule has 0 radical (unpaired) electrons. The maximum Gasteiger partial charge on any atom is 0.273 e. The van der Waals surface area contributed by atoms with Crippen LogP contribution in [-0.4, -0.2) is 59.8 Å². The first-order chi connectivity index (χ1) is 14.8. The Bertz CT molecular complexity index is 1180. The molecular weight excluding hydrogens is 436 g/mol. The Morgan fingerprint density at radius 2 is 1.81 bits per heavy atom. The highest BCUT2D eigenvalue weighted by atomic mass is 32.2. The molecule has 0 bridgehead atoms. The van der Waals surface area contributed by atoms with Crippen LogP contribution in [0.3, 0.4) is 0 Å². The van der Waals surface area contributed by atoms with Gasteiger partial charge in [0.25, 0.3) is 5.91 Å². The minimum absolute atomic E-state index is 0.120. The summed E-state index contributed by atoms with van der Waals surface area (Å²) in [5.41, 5.74) is 2.88. The van der Waals surface area contributed by atoms with Crippen LogP contribution in [-0.2, 0) is 10.0 Å². The van der Waals surface area contributed by atoms with Crippen molar-refractivity contribution in [2.45, 2.75) is 32.1 Å². The minimum atomic E-state index is -3.73. The van der Waals surface area contributed by atoms with E-state index in [1.165, 1.54) is 15.6 Å². The summed E-state index contributed by atoms with van der Waals surface area (Å²) in [7, 11) is -3.73. The van der Waals surface area contributed by atoms with E-state index in [2.05, 4.69) is 10.1 Å². The number of rotatable bonds is 4. The number of sulfonamides is 1. The van der Waals surface area contributed by atoms with E-state index in [0.717, 1.165) is 16.1 Å². The van der Waals surface area contributed by atoms with Gasteiger partial charge in [-0.05, 0) is 27.2 Å². The lowest BCUT2D eigenvalue weighted by molar-refractivity contribution is 0.0759. The Kier molecular flexibility index (Phi) is 5.96. The van der Waals surface area contributed by atoms with Crippen molar-refractivity contribution in [1.29, 1.82) is 0 Å². The summed E-state index contributed by atoms with van der Waals surface area (Å²) in [5, 5.41) is 6.32. The third kappa shape index (κ3) is 4.28. The Balaban J connectivity index is 1.48. The zero-order valence-corrected chi connectivity index (χ0v) is 19.3. The maximum atomic E-state index is 13.1. The topological polar surface area (TPSA) is 96.6 Å². The van der Waals surface area contributed by atoms with Gasteiger partial charge in [0.15, 0.2) is 5.76 Å². The summed E-state index contributed by atoms with van der Waals surface area (Å²) in [5.74, 6) is 0.104. The van der Waals surface area contributed by atoms with Crippen LogP contribution in [0.2, 0.25) is 0 Å². The van der Waals surface area contributed by atoms with Gasteiger partial charge in [0.1, 0.15) is 21.3 Å². The molecule has 10 heteroatoms. The molecule has 1 aromatic carbocycles. The van der Waals surface area contributed by atoms with Crippen molar-refractivity contribution in [3.63, 3.8) is 0 Å². The fraction of sp³-hybridized carbons (Fsp3) is 0.381. The van der Waals surface area contributed by atoms with E-state index in [-0.39, 0.29) is 23.1 Å². The van der Waals surface area contributed by atoms with Crippen molar-refractivity contribution in [3.8, 4) is 10.6 Å². The molecular formula is C21H24N4O4S2. The van der Waals surface area contributed by atoms with E-state index < -0.39 is 10.0 Å². The predicted molar refractivity (Wildman–Crippen MR) is 118 cm³/mol. The van der Waals surface area contributed by atoms with Gasteiger partial charge >= 0.3 is 0 Å². The van der Waals surface area contributed by atoms with E-state index in [1.54, 1.807) is 24.1 Å². The molecule has 3 heterocycles. The van der Waals surface area contributed by atoms with Crippen LogP contribution < -0.4 is 0 Å². The second kappa shape index (κ2) is 8.52. The van der Waals surface area contributed by atoms with Crippen LogP contribution >= 0.6 is 11.3 Å². The van der Waals surface area contributed by atoms with Gasteiger partial charge in [-0.2, -0.15) is 4.31 Å². The number of benzene rings is 1. The maximum absolute atomic E-state index is 13.1. The summed E-state index contributed by atoms with van der Waals surface area (Å²) in [6.45, 7) is 6.56. The number of aromatic nitrogens is 2. The molecule has 4 rings (SSSR count). The molecule has 8 nitrogen and oxygen atoms in total. The van der Waals surface area contributed by atoms with Gasteiger partial charge in [-0.25, -0.2) is 13.4 Å². The van der Waals surface area contributed by atoms with Gasteiger partial charge in [-0.15, -0.1) is 11.3 Å². The number of carbonyl (C=O) groups excluding carboxylic acids is 1. The highest BCUT2D eigenvalue weighted by Gasteiger charge is 2.33. The van der Waals surface area contributed by atoms with Crippen molar-refractivity contribution in [2.24, 2.45) is 0 Å². The number of aryl methyl sites for hydroxylation is 3. The number of hydrogen-bond donors (Lipinski definition) is 0. The molecule has 1 saturated heterocycles. The standard InChI is InChI=1S/C21H24N4O4S2/c1-14-5-7-17(8-6-14)20-22-18(13-30-20)21(26)24-9-4-10-25(12-11-24)31(27,28)19-15(2)23-29-16(19)3/h5-8,13H,4,9-12H2,1-3H3. The summed E-state index contributed by atoms with van der Waals surface area (Å²) in [4.78, 5) is 19.3. The predicted octanol–water partition coefficient (Wildman–Crippen LogP) is 3.26. The van der Waals surface area contributed by atoms with Crippen molar-refractivity contribution in [2.75, 3.05) is 26.2 Å². The lowest BCUT2D eigenvalue weighted by Crippen LogP contribution is -2.37. The molecule has 1 aliphatic rings. The Labute approximate surface area is 185 Å². The van der Waals surface area contributed by atoms with Gasteiger partial charge in [-0.3, -0.25) is 4.79 Å². The van der Waals surface area contributed by atoms with E-state index in [4.69, 9.17) is 4.52 Å². The lowest BCUT2D eigenvalue weighted by Gasteiger charge is -2.21. The molecule has 1 aliphatic heterocycles. The summed E-state index contributed by atoms with van der Waals surface area (Å²) in [6.07, 6.45) is 0.545. The average molecular weight is 461 g/mol. The normalized spacial score (nSPS) is 15.8. The summed E-state index contributed by atoms with van der Waals surface area (Å²) in [6, 6.07) is 8.01. The van der Waals surface area contributed by atoms with Gasteiger partial charge < -0.3 is 9.42 Å². The first kappa shape index (κ1) is 21.7. The third-order valence-corrected chi connectivity index (χ3v) is 8.36. The Morgan fingerprint density at radius 3 is 2.48 bits per heavy atom. The molecule has 3 aromatic rings. The fourth-order valence-electron chi connectivity index (χ4n) is 3.67. The first-order valence-electron chi connectivity index (χ1n) is 10.0. The molecule has 2 aromatic heterocycles. The number of carbonyl (C=O) groups is 1. The zero-order valence-electron chi connectivity index (χ0n) is 17.7. The van der Waals surface area contributed by atoms with E-state index in [9.17, 15) is 13.2 Å². The monoisotopic (exact) mass is 460 g/mol. The summed E-state index contributed by atoms with van der Waals surface area (Å²) >= 11 is 1.43. The van der Waals surface area contributed by atoms with Crippen molar-refractivity contribution in [3.05, 3.63) is 52.4 Å². The van der Waals surface area contributed by atoms with Crippen LogP contribution in [0.5, 0.6) is 0 Å². The Hall–Kier alpha value is -2.56. The second-order valence-corrected chi connectivity index (χ2v) is 10.3. The SMILES string of the molecule is Cc1ccc(-c2nc(C(=O)N3CCCN(S(=O)(=O)c4c(C)noc4C)CC3)cs2)cc1. The molecule has 0 N–H and O–H groups in total. The molecule has 0 unspecified atom stereocenters. The molecule has 1 amide bonds. The lowest BCUT2D eigenvalue weighted by atomic mass is 10.2. The van der Waals surface area contributed by atoms with Crippen molar-refractivity contribution < 1.29 is 17.7 Å². The van der Waals surface area contributed by atoms with E-state index in [1.807, 2.05) is 31.2 Å². The first-order valence-corrected chi connectivity index (χ1v) is 12.3. The molecule has 0 aliphatic carbocycles. The molecule has 1 fully saturated rings. The third-order valence-electron chi connectivity index (χ3n) is 5.33. The van der Waals surface area contributed by atoms with Gasteiger partial charge in [0, 0.05) is 37.1 Å². The van der Waals surface area contributed by atoms with Crippen molar-refractivity contribution in [1.82, 2.24) is 19.3 Å². The van der Waals surface area contributed by atoms with Gasteiger partial charge in [-0.1, -0.05) is 35.0 Å². The Morgan fingerprint density at radius 1 is 1.06 bits per heavy atom. The fourth-order valence-corrected chi connectivity index (χ4v) is 6.23. The molecule has 31 heavy (non-hydrogen) atoms. The molecule has 0 spiro atoms. The number of nitrogens with zero attached hydrogens (tertiary/aromatic N) is 4. The van der Waals surface area contributed by atoms with Crippen LogP contribution in [0, 0.1) is 20.8 Å². The van der Waals surface area contributed by atoms with Crippen LogP contribution in [0.25, 0.3) is 10.6 Å². The number of thiazole rings is 1. The van der Waals surface area contributed by atoms with E-state index >= 15 is 0 Å². The molecule has 0 atom stereocenters. The number of amides is 1. The molecule has 0 saturated carbocycles.